The van der Waals surface area contributed by atoms with Crippen LogP contribution >= 0.6 is 0 Å². The van der Waals surface area contributed by atoms with Crippen LogP contribution in [-0.2, 0) is 22.3 Å². The summed E-state index contributed by atoms with van der Waals surface area (Å²) >= 11 is 0. The molecule has 13 heteroatoms. The molecule has 4 rings (SSSR count). The number of methoxy groups -OCH3 is 1. The second kappa shape index (κ2) is 12.3. The van der Waals surface area contributed by atoms with Gasteiger partial charge in [0.2, 0.25) is 5.91 Å². The lowest BCUT2D eigenvalue weighted by molar-refractivity contribution is -0.192. The van der Waals surface area contributed by atoms with Crippen molar-refractivity contribution in [2.75, 3.05) is 13.7 Å². The summed E-state index contributed by atoms with van der Waals surface area (Å²) in [5, 5.41) is 7.12. The Hall–Kier alpha value is -4.29. The molecule has 0 unspecified atom stereocenters. The Balaban J connectivity index is 0.000000559. The minimum absolute atomic E-state index is 0.102. The average Bonchev–Trinajstić information content (AvgIpc) is 3.32. The average molecular weight is 570 g/mol. The minimum atomic E-state index is -5.08. The van der Waals surface area contributed by atoms with Crippen LogP contribution in [0.5, 0.6) is 5.75 Å². The summed E-state index contributed by atoms with van der Waals surface area (Å²) in [6.45, 7) is 2.75. The first-order valence-corrected chi connectivity index (χ1v) is 11.8. The third-order valence-corrected chi connectivity index (χ3v) is 5.87. The van der Waals surface area contributed by atoms with Crippen LogP contribution in [0.15, 0.2) is 60.6 Å². The van der Waals surface area contributed by atoms with Crippen LogP contribution in [0.3, 0.4) is 0 Å². The summed E-state index contributed by atoms with van der Waals surface area (Å²) in [6, 6.07) is 10.7. The Kier molecular flexibility index (Phi) is 9.28. The van der Waals surface area contributed by atoms with Gasteiger partial charge in [-0.05, 0) is 61.2 Å². The Morgan fingerprint density at radius 3 is 2.27 bits per heavy atom. The van der Waals surface area contributed by atoms with Gasteiger partial charge in [0.05, 0.1) is 30.4 Å². The van der Waals surface area contributed by atoms with Gasteiger partial charge in [0.15, 0.2) is 0 Å². The van der Waals surface area contributed by atoms with Crippen LogP contribution in [0.1, 0.15) is 35.2 Å². The maximum absolute atomic E-state index is 13.0. The Morgan fingerprint density at radius 1 is 1.10 bits per heavy atom. The zero-order valence-corrected chi connectivity index (χ0v) is 21.4. The number of hydrogen-bond acceptors (Lipinski definition) is 4. The van der Waals surface area contributed by atoms with Crippen molar-refractivity contribution in [3.63, 3.8) is 0 Å². The molecule has 1 N–H and O–H groups in total. The normalized spacial score (nSPS) is 15.1. The minimum Gasteiger partial charge on any atom is -0.495 e. The topological polar surface area (TPSA) is 84.7 Å². The van der Waals surface area contributed by atoms with Crippen LogP contribution in [0.25, 0.3) is 11.8 Å². The number of amides is 1. The molecule has 214 valence electrons. The van der Waals surface area contributed by atoms with E-state index in [1.54, 1.807) is 18.3 Å². The van der Waals surface area contributed by atoms with E-state index in [2.05, 4.69) is 4.98 Å². The zero-order chi connectivity index (χ0) is 29.7. The number of aromatic nitrogens is 2. The molecular formula is C27H25F6N3O4. The quantitative estimate of drug-likeness (QED) is 0.299. The summed E-state index contributed by atoms with van der Waals surface area (Å²) < 4.78 is 77.5. The largest absolute Gasteiger partial charge is 0.495 e. The number of carbonyl (C=O) groups excluding carboxylic acids is 1. The van der Waals surface area contributed by atoms with E-state index in [-0.39, 0.29) is 12.5 Å². The number of aliphatic carboxylic acids is 1. The van der Waals surface area contributed by atoms with Gasteiger partial charge in [-0.2, -0.15) is 26.3 Å². The number of alkyl halides is 6. The number of ether oxygens (including phenoxy) is 1. The van der Waals surface area contributed by atoms with Gasteiger partial charge in [0.25, 0.3) is 0 Å². The Bertz CT molecular complexity index is 1380. The van der Waals surface area contributed by atoms with Crippen molar-refractivity contribution in [3.8, 4) is 11.4 Å². The van der Waals surface area contributed by atoms with E-state index < -0.39 is 23.9 Å². The third-order valence-electron chi connectivity index (χ3n) is 5.87. The number of piperidine rings is 1. The van der Waals surface area contributed by atoms with E-state index in [0.717, 1.165) is 35.5 Å². The highest BCUT2D eigenvalue weighted by Crippen LogP contribution is 2.30. The Morgan fingerprint density at radius 2 is 1.75 bits per heavy atom. The summed E-state index contributed by atoms with van der Waals surface area (Å²) in [6.07, 6.45) is -2.54. The third kappa shape index (κ3) is 7.87. The molecule has 2 aromatic carbocycles. The van der Waals surface area contributed by atoms with E-state index in [4.69, 9.17) is 14.6 Å². The number of carboxylic acids is 1. The fourth-order valence-electron chi connectivity index (χ4n) is 3.93. The molecule has 0 saturated carbocycles. The number of carboxylic acid groups (broad SMARTS) is 1. The first-order valence-electron chi connectivity index (χ1n) is 11.8. The number of carbonyl (C=O) groups is 2. The van der Waals surface area contributed by atoms with Crippen LogP contribution in [0.4, 0.5) is 26.3 Å². The van der Waals surface area contributed by atoms with Gasteiger partial charge >= 0.3 is 18.3 Å². The SMILES string of the molecule is COc1cc(/C=C2\CCCN(Cc3ccc(C(F)(F)F)cc3)C2=O)ccc1-n1cnc(C)c1.O=C(O)C(F)(F)F. The molecular weight excluding hydrogens is 544 g/mol. The molecule has 1 aliphatic heterocycles. The van der Waals surface area contributed by atoms with Gasteiger partial charge in [0, 0.05) is 24.9 Å². The summed E-state index contributed by atoms with van der Waals surface area (Å²) in [5.74, 6) is -2.20. The molecule has 1 aliphatic rings. The van der Waals surface area contributed by atoms with Crippen molar-refractivity contribution >= 4 is 18.0 Å². The second-order valence-corrected chi connectivity index (χ2v) is 8.85. The number of aryl methyl sites for hydroxylation is 1. The highest BCUT2D eigenvalue weighted by Gasteiger charge is 2.38. The van der Waals surface area contributed by atoms with Gasteiger partial charge in [-0.25, -0.2) is 9.78 Å². The van der Waals surface area contributed by atoms with Gasteiger partial charge < -0.3 is 19.3 Å². The van der Waals surface area contributed by atoms with Gasteiger partial charge in [-0.1, -0.05) is 18.2 Å². The standard InChI is InChI=1S/C25H24F3N3O2.C2HF3O2/c1-17-14-31(16-29-17)22-10-7-19(13-23(22)33-2)12-20-4-3-11-30(24(20)32)15-18-5-8-21(9-6-18)25(26,27)28;3-2(4,5)1(6)7/h5-10,12-14,16H,3-4,11,15H2,1-2H3;(H,6,7)/b20-12+;. The highest BCUT2D eigenvalue weighted by atomic mass is 19.4. The molecule has 3 aromatic rings. The fraction of sp³-hybridized carbons (Fsp3) is 0.296. The molecule has 0 atom stereocenters. The van der Waals surface area contributed by atoms with E-state index in [1.165, 1.54) is 12.1 Å². The van der Waals surface area contributed by atoms with Crippen LogP contribution < -0.4 is 4.74 Å². The number of nitrogens with zero attached hydrogens (tertiary/aromatic N) is 3. The van der Waals surface area contributed by atoms with Crippen molar-refractivity contribution in [1.29, 1.82) is 0 Å². The van der Waals surface area contributed by atoms with Crippen LogP contribution in [-0.4, -0.2) is 51.3 Å². The monoisotopic (exact) mass is 569 g/mol. The lowest BCUT2D eigenvalue weighted by Crippen LogP contribution is -2.36. The first-order chi connectivity index (χ1) is 18.7. The smallest absolute Gasteiger partial charge is 0.490 e. The lowest BCUT2D eigenvalue weighted by atomic mass is 9.99. The summed E-state index contributed by atoms with van der Waals surface area (Å²) in [4.78, 5) is 27.9. The number of halogens is 6. The van der Waals surface area contributed by atoms with Crippen molar-refractivity contribution in [3.05, 3.63) is 82.9 Å². The number of hydrogen-bond donors (Lipinski definition) is 1. The molecule has 0 bridgehead atoms. The van der Waals surface area contributed by atoms with Gasteiger partial charge in [0.1, 0.15) is 5.75 Å². The maximum atomic E-state index is 13.0. The molecule has 0 radical (unpaired) electrons. The van der Waals surface area contributed by atoms with Gasteiger partial charge in [-0.3, -0.25) is 4.79 Å². The molecule has 1 fully saturated rings. The summed E-state index contributed by atoms with van der Waals surface area (Å²) in [7, 11) is 1.59. The van der Waals surface area contributed by atoms with Crippen molar-refractivity contribution in [2.45, 2.75) is 38.7 Å². The Labute approximate surface area is 225 Å². The highest BCUT2D eigenvalue weighted by molar-refractivity contribution is 5.98. The lowest BCUT2D eigenvalue weighted by Gasteiger charge is -2.28. The molecule has 2 heterocycles. The predicted molar refractivity (Wildman–Crippen MR) is 133 cm³/mol. The van der Waals surface area contributed by atoms with Gasteiger partial charge in [-0.15, -0.1) is 0 Å². The number of likely N-dealkylation sites (tertiary alicyclic amines) is 1. The molecule has 0 spiro atoms. The fourth-order valence-corrected chi connectivity index (χ4v) is 3.93. The molecule has 1 saturated heterocycles. The zero-order valence-electron chi connectivity index (χ0n) is 21.4. The van der Waals surface area contributed by atoms with Crippen molar-refractivity contribution in [1.82, 2.24) is 14.5 Å². The number of imidazole rings is 1. The van der Waals surface area contributed by atoms with Crippen molar-refractivity contribution in [2.24, 2.45) is 0 Å². The number of benzene rings is 2. The molecule has 0 aliphatic carbocycles. The van der Waals surface area contributed by atoms with E-state index in [9.17, 15) is 31.1 Å². The van der Waals surface area contributed by atoms with Crippen LogP contribution in [0, 0.1) is 6.92 Å². The molecule has 40 heavy (non-hydrogen) atoms. The van der Waals surface area contributed by atoms with E-state index in [0.29, 0.717) is 29.9 Å². The summed E-state index contributed by atoms with van der Waals surface area (Å²) in [5.41, 5.74) is 3.22. The van der Waals surface area contributed by atoms with E-state index in [1.807, 2.05) is 42.0 Å². The molecule has 1 aromatic heterocycles. The molecule has 1 amide bonds. The number of rotatable bonds is 5. The van der Waals surface area contributed by atoms with Crippen molar-refractivity contribution < 1.29 is 45.8 Å². The molecule has 7 nitrogen and oxygen atoms in total. The maximum Gasteiger partial charge on any atom is 0.490 e. The second-order valence-electron chi connectivity index (χ2n) is 8.85. The predicted octanol–water partition coefficient (Wildman–Crippen LogP) is 6.05. The van der Waals surface area contributed by atoms with Crippen LogP contribution in [0.2, 0.25) is 0 Å². The first kappa shape index (κ1) is 30.3. The van der Waals surface area contributed by atoms with E-state index >= 15 is 0 Å².